The normalized spacial score (nSPS) is 21.6. The van der Waals surface area contributed by atoms with Gasteiger partial charge >= 0.3 is 12.0 Å². The highest BCUT2D eigenvalue weighted by Crippen LogP contribution is 2.22. The van der Waals surface area contributed by atoms with Crippen LogP contribution in [0.2, 0.25) is 0 Å². The molecule has 2 aliphatic rings. The predicted molar refractivity (Wildman–Crippen MR) is 61.6 cm³/mol. The van der Waals surface area contributed by atoms with Gasteiger partial charge in [-0.25, -0.2) is 4.79 Å². The highest BCUT2D eigenvalue weighted by atomic mass is 16.4. The number of piperidine rings is 1. The highest BCUT2D eigenvalue weighted by molar-refractivity contribution is 5.80. The molecular weight excluding hydrogens is 238 g/mol. The first kappa shape index (κ1) is 12.7. The number of carboxylic acid groups (broad SMARTS) is 1. The number of likely N-dealkylation sites (tertiary alicyclic amines) is 2. The minimum atomic E-state index is -0.855. The maximum atomic E-state index is 12.0. The van der Waals surface area contributed by atoms with E-state index < -0.39 is 11.9 Å². The first-order chi connectivity index (χ1) is 8.49. The Balaban J connectivity index is 1.79. The smallest absolute Gasteiger partial charge is 0.320 e. The molecule has 100 valence electrons. The maximum absolute atomic E-state index is 12.0. The molecule has 0 aromatic carbocycles. The number of hydrogen-bond acceptors (Lipinski definition) is 3. The number of urea groups is 1. The largest absolute Gasteiger partial charge is 0.481 e. The van der Waals surface area contributed by atoms with Crippen molar-refractivity contribution in [1.29, 1.82) is 0 Å². The van der Waals surface area contributed by atoms with Gasteiger partial charge in [0.15, 0.2) is 0 Å². The minimum Gasteiger partial charge on any atom is -0.481 e. The Morgan fingerprint density at radius 3 is 2.00 bits per heavy atom. The molecule has 0 saturated carbocycles. The molecule has 0 bridgehead atoms. The van der Waals surface area contributed by atoms with Crippen molar-refractivity contribution in [1.82, 2.24) is 9.80 Å². The Morgan fingerprint density at radius 2 is 1.56 bits per heavy atom. The van der Waals surface area contributed by atoms with Crippen molar-refractivity contribution in [3.63, 3.8) is 0 Å². The standard InChI is InChI=1S/C11H17N3O4/c12-9(15)7-1-3-13(4-2-7)11(18)14-5-8(6-14)10(16)17/h7-8H,1-6H2,(H2,12,15)(H,16,17). The van der Waals surface area contributed by atoms with Crippen LogP contribution in [0.5, 0.6) is 0 Å². The molecular formula is C11H17N3O4. The fourth-order valence-corrected chi connectivity index (χ4v) is 2.35. The van der Waals surface area contributed by atoms with E-state index in [4.69, 9.17) is 10.8 Å². The Morgan fingerprint density at radius 1 is 1.00 bits per heavy atom. The monoisotopic (exact) mass is 255 g/mol. The van der Waals surface area contributed by atoms with Crippen LogP contribution in [-0.4, -0.2) is 59.0 Å². The molecule has 3 N–H and O–H groups in total. The van der Waals surface area contributed by atoms with E-state index in [9.17, 15) is 14.4 Å². The van der Waals surface area contributed by atoms with Gasteiger partial charge in [-0.05, 0) is 12.8 Å². The predicted octanol–water partition coefficient (Wildman–Crippen LogP) is -0.680. The molecule has 0 aromatic heterocycles. The second-order valence-corrected chi connectivity index (χ2v) is 4.89. The zero-order valence-corrected chi connectivity index (χ0v) is 10.0. The van der Waals surface area contributed by atoms with Crippen molar-refractivity contribution < 1.29 is 19.5 Å². The van der Waals surface area contributed by atoms with Crippen molar-refractivity contribution >= 4 is 17.9 Å². The average molecular weight is 255 g/mol. The van der Waals surface area contributed by atoms with E-state index in [1.54, 1.807) is 4.90 Å². The molecule has 7 heteroatoms. The van der Waals surface area contributed by atoms with Crippen LogP contribution in [0.1, 0.15) is 12.8 Å². The number of amides is 3. The fraction of sp³-hybridized carbons (Fsp3) is 0.727. The van der Waals surface area contributed by atoms with E-state index in [1.807, 2.05) is 0 Å². The molecule has 0 spiro atoms. The molecule has 0 radical (unpaired) electrons. The molecule has 18 heavy (non-hydrogen) atoms. The summed E-state index contributed by atoms with van der Waals surface area (Å²) in [5, 5.41) is 8.74. The molecule has 2 fully saturated rings. The van der Waals surface area contributed by atoms with Gasteiger partial charge in [0.2, 0.25) is 5.91 Å². The number of primary amides is 1. The van der Waals surface area contributed by atoms with Gasteiger partial charge in [-0.1, -0.05) is 0 Å². The first-order valence-corrected chi connectivity index (χ1v) is 6.05. The minimum absolute atomic E-state index is 0.129. The molecule has 0 aliphatic carbocycles. The van der Waals surface area contributed by atoms with Crippen molar-refractivity contribution in [2.24, 2.45) is 17.6 Å². The summed E-state index contributed by atoms with van der Waals surface area (Å²) in [4.78, 5) is 36.8. The Bertz CT molecular complexity index is 370. The van der Waals surface area contributed by atoms with Gasteiger partial charge in [-0.15, -0.1) is 0 Å². The Labute approximate surface area is 105 Å². The van der Waals surface area contributed by atoms with Crippen LogP contribution in [0.15, 0.2) is 0 Å². The summed E-state index contributed by atoms with van der Waals surface area (Å²) in [6, 6.07) is -0.129. The number of aliphatic carboxylic acids is 1. The van der Waals surface area contributed by atoms with Crippen LogP contribution >= 0.6 is 0 Å². The van der Waals surface area contributed by atoms with Crippen molar-refractivity contribution in [3.8, 4) is 0 Å². The molecule has 0 aromatic rings. The molecule has 2 aliphatic heterocycles. The third-order valence-corrected chi connectivity index (χ3v) is 3.67. The van der Waals surface area contributed by atoms with Crippen LogP contribution in [0, 0.1) is 11.8 Å². The zero-order chi connectivity index (χ0) is 13.3. The number of carbonyl (C=O) groups excluding carboxylic acids is 2. The van der Waals surface area contributed by atoms with E-state index in [1.165, 1.54) is 4.90 Å². The van der Waals surface area contributed by atoms with Gasteiger partial charge in [-0.3, -0.25) is 9.59 Å². The van der Waals surface area contributed by atoms with E-state index in [0.29, 0.717) is 25.9 Å². The van der Waals surface area contributed by atoms with Crippen LogP contribution in [0.25, 0.3) is 0 Å². The number of carboxylic acids is 1. The number of carbonyl (C=O) groups is 3. The van der Waals surface area contributed by atoms with Crippen LogP contribution < -0.4 is 5.73 Å². The number of hydrogen-bond donors (Lipinski definition) is 2. The third kappa shape index (κ3) is 2.39. The maximum Gasteiger partial charge on any atom is 0.320 e. The molecule has 2 heterocycles. The van der Waals surface area contributed by atoms with Crippen LogP contribution in [-0.2, 0) is 9.59 Å². The van der Waals surface area contributed by atoms with Crippen molar-refractivity contribution in [2.75, 3.05) is 26.2 Å². The topological polar surface area (TPSA) is 104 Å². The van der Waals surface area contributed by atoms with Gasteiger partial charge in [0.1, 0.15) is 0 Å². The van der Waals surface area contributed by atoms with E-state index in [2.05, 4.69) is 0 Å². The van der Waals surface area contributed by atoms with E-state index in [-0.39, 0.29) is 30.9 Å². The van der Waals surface area contributed by atoms with Crippen LogP contribution in [0.3, 0.4) is 0 Å². The fourth-order valence-electron chi connectivity index (χ4n) is 2.35. The third-order valence-electron chi connectivity index (χ3n) is 3.67. The lowest BCUT2D eigenvalue weighted by molar-refractivity contribution is -0.146. The second kappa shape index (κ2) is 4.83. The van der Waals surface area contributed by atoms with Crippen molar-refractivity contribution in [3.05, 3.63) is 0 Å². The molecule has 3 amide bonds. The molecule has 7 nitrogen and oxygen atoms in total. The summed E-state index contributed by atoms with van der Waals surface area (Å²) >= 11 is 0. The lowest BCUT2D eigenvalue weighted by atomic mass is 9.96. The molecule has 2 rings (SSSR count). The Hall–Kier alpha value is -1.79. The molecule has 0 unspecified atom stereocenters. The van der Waals surface area contributed by atoms with Gasteiger partial charge < -0.3 is 20.6 Å². The summed E-state index contributed by atoms with van der Waals surface area (Å²) in [5.74, 6) is -1.74. The summed E-state index contributed by atoms with van der Waals surface area (Å²) in [6.07, 6.45) is 1.19. The quantitative estimate of drug-likeness (QED) is 0.682. The SMILES string of the molecule is NC(=O)C1CCN(C(=O)N2CC(C(=O)O)C2)CC1. The van der Waals surface area contributed by atoms with Gasteiger partial charge in [0.25, 0.3) is 0 Å². The summed E-state index contributed by atoms with van der Waals surface area (Å²) in [7, 11) is 0. The second-order valence-electron chi connectivity index (χ2n) is 4.89. The number of nitrogens with two attached hydrogens (primary N) is 1. The number of nitrogens with zero attached hydrogens (tertiary/aromatic N) is 2. The van der Waals surface area contributed by atoms with Gasteiger partial charge in [-0.2, -0.15) is 0 Å². The lowest BCUT2D eigenvalue weighted by Gasteiger charge is -2.41. The van der Waals surface area contributed by atoms with E-state index in [0.717, 1.165) is 0 Å². The van der Waals surface area contributed by atoms with Crippen molar-refractivity contribution in [2.45, 2.75) is 12.8 Å². The molecule has 0 atom stereocenters. The average Bonchev–Trinajstić information content (AvgIpc) is 2.26. The lowest BCUT2D eigenvalue weighted by Crippen LogP contribution is -2.58. The Kier molecular flexibility index (Phi) is 3.40. The molecule has 2 saturated heterocycles. The van der Waals surface area contributed by atoms with Gasteiger partial charge in [0.05, 0.1) is 5.92 Å². The summed E-state index contributed by atoms with van der Waals surface area (Å²) in [5.41, 5.74) is 5.22. The highest BCUT2D eigenvalue weighted by Gasteiger charge is 2.38. The first-order valence-electron chi connectivity index (χ1n) is 6.05. The van der Waals surface area contributed by atoms with E-state index >= 15 is 0 Å². The van der Waals surface area contributed by atoms with Gasteiger partial charge in [0, 0.05) is 32.1 Å². The summed E-state index contributed by atoms with van der Waals surface area (Å²) < 4.78 is 0. The number of rotatable bonds is 2. The summed E-state index contributed by atoms with van der Waals surface area (Å²) in [6.45, 7) is 1.59. The zero-order valence-electron chi connectivity index (χ0n) is 10.0. The van der Waals surface area contributed by atoms with Crippen LogP contribution in [0.4, 0.5) is 4.79 Å².